The van der Waals surface area contributed by atoms with Crippen LogP contribution in [0.4, 0.5) is 5.82 Å². The van der Waals surface area contributed by atoms with Crippen LogP contribution in [0.5, 0.6) is 0 Å². The minimum Gasteiger partial charge on any atom is -0.365 e. The molecule has 0 aliphatic carbocycles. The Bertz CT molecular complexity index is 736. The number of piperidine rings is 1. The average molecular weight is 324 g/mol. The number of aromatic amines is 1. The van der Waals surface area contributed by atoms with Crippen molar-refractivity contribution in [2.75, 3.05) is 37.0 Å². The van der Waals surface area contributed by atoms with Gasteiger partial charge in [-0.05, 0) is 12.8 Å². The molecule has 0 bridgehead atoms. The van der Waals surface area contributed by atoms with Gasteiger partial charge >= 0.3 is 0 Å². The first-order valence-electron chi connectivity index (χ1n) is 7.32. The fourth-order valence-corrected chi connectivity index (χ4v) is 3.25. The van der Waals surface area contributed by atoms with Crippen molar-refractivity contribution in [1.82, 2.24) is 24.8 Å². The number of hydrogen-bond donors (Lipinski definition) is 2. The molecule has 22 heavy (non-hydrogen) atoms. The molecule has 9 heteroatoms. The van der Waals surface area contributed by atoms with Crippen LogP contribution in [0.1, 0.15) is 12.8 Å². The summed E-state index contributed by atoms with van der Waals surface area (Å²) in [5.41, 5.74) is 1.48. The van der Waals surface area contributed by atoms with Crippen LogP contribution >= 0.6 is 0 Å². The summed E-state index contributed by atoms with van der Waals surface area (Å²) in [6.45, 7) is 2.40. The van der Waals surface area contributed by atoms with Gasteiger partial charge in [0.05, 0.1) is 12.1 Å². The quantitative estimate of drug-likeness (QED) is 0.813. The molecule has 3 rings (SSSR count). The number of nitrogens with one attached hydrogen (secondary N) is 2. The van der Waals surface area contributed by atoms with Gasteiger partial charge in [-0.25, -0.2) is 23.4 Å². The van der Waals surface area contributed by atoms with E-state index in [0.717, 1.165) is 37.3 Å². The Labute approximate surface area is 129 Å². The number of fused-ring (bicyclic) bond motifs is 1. The predicted octanol–water partition coefficient (Wildman–Crippen LogP) is 0.274. The highest BCUT2D eigenvalue weighted by molar-refractivity contribution is 7.90. The van der Waals surface area contributed by atoms with Crippen molar-refractivity contribution in [2.45, 2.75) is 18.9 Å². The SMILES string of the molecule is CS(=O)(=O)CCN1CCC(Nc2ncnc3nc[nH]c23)CC1. The number of anilines is 1. The van der Waals surface area contributed by atoms with E-state index in [1.165, 1.54) is 12.6 Å². The van der Waals surface area contributed by atoms with Gasteiger partial charge in [0.2, 0.25) is 0 Å². The number of H-pyrrole nitrogens is 1. The number of aromatic nitrogens is 4. The van der Waals surface area contributed by atoms with Crippen molar-refractivity contribution in [3.8, 4) is 0 Å². The van der Waals surface area contributed by atoms with E-state index in [1.54, 1.807) is 6.33 Å². The van der Waals surface area contributed by atoms with Gasteiger partial charge in [0, 0.05) is 31.9 Å². The van der Waals surface area contributed by atoms with Crippen molar-refractivity contribution in [1.29, 1.82) is 0 Å². The van der Waals surface area contributed by atoms with Gasteiger partial charge in [-0.2, -0.15) is 0 Å². The maximum absolute atomic E-state index is 11.2. The van der Waals surface area contributed by atoms with Crippen LogP contribution in [0.3, 0.4) is 0 Å². The fraction of sp³-hybridized carbons (Fsp3) is 0.615. The molecule has 0 unspecified atom stereocenters. The molecule has 0 atom stereocenters. The lowest BCUT2D eigenvalue weighted by Gasteiger charge is -2.32. The van der Waals surface area contributed by atoms with E-state index in [-0.39, 0.29) is 5.75 Å². The molecular weight excluding hydrogens is 304 g/mol. The van der Waals surface area contributed by atoms with Gasteiger partial charge in [0.15, 0.2) is 11.5 Å². The van der Waals surface area contributed by atoms with Crippen LogP contribution in [0.2, 0.25) is 0 Å². The lowest BCUT2D eigenvalue weighted by molar-refractivity contribution is 0.230. The second kappa shape index (κ2) is 6.17. The van der Waals surface area contributed by atoms with Crippen molar-refractivity contribution in [3.05, 3.63) is 12.7 Å². The van der Waals surface area contributed by atoms with Crippen LogP contribution in [-0.2, 0) is 9.84 Å². The highest BCUT2D eigenvalue weighted by atomic mass is 32.2. The molecule has 2 N–H and O–H groups in total. The van der Waals surface area contributed by atoms with Crippen LogP contribution in [-0.4, -0.2) is 70.9 Å². The third-order valence-electron chi connectivity index (χ3n) is 3.93. The Kier molecular flexibility index (Phi) is 4.25. The second-order valence-electron chi connectivity index (χ2n) is 5.71. The molecule has 0 saturated carbocycles. The largest absolute Gasteiger partial charge is 0.365 e. The molecule has 0 spiro atoms. The summed E-state index contributed by atoms with van der Waals surface area (Å²) in [6.07, 6.45) is 6.32. The predicted molar refractivity (Wildman–Crippen MR) is 84.5 cm³/mol. The molecule has 1 aliphatic rings. The third kappa shape index (κ3) is 3.72. The highest BCUT2D eigenvalue weighted by Gasteiger charge is 2.21. The molecule has 120 valence electrons. The number of sulfone groups is 1. The molecule has 8 nitrogen and oxygen atoms in total. The summed E-state index contributed by atoms with van der Waals surface area (Å²) in [5.74, 6) is 1.00. The first-order chi connectivity index (χ1) is 10.5. The lowest BCUT2D eigenvalue weighted by atomic mass is 10.1. The Balaban J connectivity index is 1.55. The molecule has 1 fully saturated rings. The summed E-state index contributed by atoms with van der Waals surface area (Å²) < 4.78 is 22.4. The normalized spacial score (nSPS) is 17.9. The van der Waals surface area contributed by atoms with E-state index in [0.29, 0.717) is 18.2 Å². The van der Waals surface area contributed by atoms with Crippen LogP contribution in [0, 0.1) is 0 Å². The minimum absolute atomic E-state index is 0.228. The smallest absolute Gasteiger partial charge is 0.182 e. The van der Waals surface area contributed by atoms with Crippen LogP contribution in [0.25, 0.3) is 11.2 Å². The Morgan fingerprint density at radius 1 is 1.32 bits per heavy atom. The van der Waals surface area contributed by atoms with E-state index in [2.05, 4.69) is 30.2 Å². The summed E-state index contributed by atoms with van der Waals surface area (Å²) in [4.78, 5) is 17.7. The topological polar surface area (TPSA) is 104 Å². The molecule has 0 aromatic carbocycles. The number of hydrogen-bond acceptors (Lipinski definition) is 7. The maximum atomic E-state index is 11.2. The average Bonchev–Trinajstić information content (AvgIpc) is 2.95. The van der Waals surface area contributed by atoms with Crippen molar-refractivity contribution < 1.29 is 8.42 Å². The fourth-order valence-electron chi connectivity index (χ4n) is 2.66. The lowest BCUT2D eigenvalue weighted by Crippen LogP contribution is -2.41. The van der Waals surface area contributed by atoms with Crippen molar-refractivity contribution >= 4 is 26.8 Å². The minimum atomic E-state index is -2.89. The first kappa shape index (κ1) is 15.2. The zero-order valence-corrected chi connectivity index (χ0v) is 13.3. The molecule has 1 saturated heterocycles. The van der Waals surface area contributed by atoms with E-state index in [4.69, 9.17) is 0 Å². The molecule has 0 amide bonds. The van der Waals surface area contributed by atoms with Crippen molar-refractivity contribution in [2.24, 2.45) is 0 Å². The molecular formula is C13H20N6O2S. The molecule has 2 aromatic heterocycles. The first-order valence-corrected chi connectivity index (χ1v) is 9.38. The second-order valence-corrected chi connectivity index (χ2v) is 7.97. The number of imidazole rings is 1. The summed E-state index contributed by atoms with van der Waals surface area (Å²) in [7, 11) is -2.89. The van der Waals surface area contributed by atoms with Gasteiger partial charge in [-0.3, -0.25) is 0 Å². The zero-order valence-electron chi connectivity index (χ0n) is 12.5. The van der Waals surface area contributed by atoms with Gasteiger partial charge in [0.1, 0.15) is 21.7 Å². The Morgan fingerprint density at radius 3 is 2.82 bits per heavy atom. The zero-order chi connectivity index (χ0) is 15.6. The highest BCUT2D eigenvalue weighted by Crippen LogP contribution is 2.19. The standard InChI is InChI=1S/C13H20N6O2S/c1-22(20,21)7-6-19-4-2-10(3-5-19)18-13-11-12(15-8-14-11)16-9-17-13/h8-10H,2-7H2,1H3,(H2,14,15,16,17,18). The third-order valence-corrected chi connectivity index (χ3v) is 4.85. The Morgan fingerprint density at radius 2 is 2.09 bits per heavy atom. The summed E-state index contributed by atoms with van der Waals surface area (Å²) in [5, 5.41) is 3.44. The van der Waals surface area contributed by atoms with Gasteiger partial charge in [-0.15, -0.1) is 0 Å². The van der Waals surface area contributed by atoms with E-state index in [9.17, 15) is 8.42 Å². The molecule has 1 aliphatic heterocycles. The molecule has 3 heterocycles. The number of rotatable bonds is 5. The maximum Gasteiger partial charge on any atom is 0.182 e. The summed E-state index contributed by atoms with van der Waals surface area (Å²) in [6, 6.07) is 0.330. The van der Waals surface area contributed by atoms with Gasteiger partial charge in [-0.1, -0.05) is 0 Å². The van der Waals surface area contributed by atoms with Crippen molar-refractivity contribution in [3.63, 3.8) is 0 Å². The number of likely N-dealkylation sites (tertiary alicyclic amines) is 1. The van der Waals surface area contributed by atoms with E-state index in [1.807, 2.05) is 0 Å². The molecule has 0 radical (unpaired) electrons. The summed E-state index contributed by atoms with van der Waals surface area (Å²) >= 11 is 0. The van der Waals surface area contributed by atoms with Crippen LogP contribution < -0.4 is 5.32 Å². The van der Waals surface area contributed by atoms with Gasteiger partial charge < -0.3 is 15.2 Å². The van der Waals surface area contributed by atoms with Crippen LogP contribution in [0.15, 0.2) is 12.7 Å². The molecule has 2 aromatic rings. The Hall–Kier alpha value is -1.74. The van der Waals surface area contributed by atoms with E-state index < -0.39 is 9.84 Å². The van der Waals surface area contributed by atoms with E-state index >= 15 is 0 Å². The van der Waals surface area contributed by atoms with Gasteiger partial charge in [0.25, 0.3) is 0 Å². The monoisotopic (exact) mass is 324 g/mol. The number of nitrogens with zero attached hydrogens (tertiary/aromatic N) is 4.